The third kappa shape index (κ3) is 6.49. The van der Waals surface area contributed by atoms with Crippen LogP contribution < -0.4 is 10.6 Å². The number of rotatable bonds is 8. The van der Waals surface area contributed by atoms with Crippen LogP contribution in [0.25, 0.3) is 22.4 Å². The minimum absolute atomic E-state index is 0. The zero-order valence-electron chi connectivity index (χ0n) is 23.5. The topological polar surface area (TPSA) is 106 Å². The maximum Gasteiger partial charge on any atom is 0.291 e. The molecule has 13 heteroatoms. The summed E-state index contributed by atoms with van der Waals surface area (Å²) in [6, 6.07) is 9.71. The number of nitrogens with one attached hydrogen (secondary N) is 2. The Morgan fingerprint density at radius 1 is 1.14 bits per heavy atom. The maximum atomic E-state index is 15.3. The van der Waals surface area contributed by atoms with Crippen LogP contribution in [0.1, 0.15) is 26.7 Å². The van der Waals surface area contributed by atoms with Crippen molar-refractivity contribution in [3.05, 3.63) is 76.7 Å². The Labute approximate surface area is 254 Å². The quantitative estimate of drug-likeness (QED) is 0.304. The van der Waals surface area contributed by atoms with Crippen molar-refractivity contribution >= 4 is 41.5 Å². The number of piperazine rings is 1. The second-order valence-electron chi connectivity index (χ2n) is 9.80. The highest BCUT2D eigenvalue weighted by atomic mass is 35.5. The lowest BCUT2D eigenvalue weighted by atomic mass is 10.0. The number of nitrogens with zero attached hydrogens (tertiary/aromatic N) is 5. The van der Waals surface area contributed by atoms with Crippen LogP contribution in [-0.2, 0) is 18.3 Å². The van der Waals surface area contributed by atoms with Crippen LogP contribution in [0.15, 0.2) is 48.8 Å². The van der Waals surface area contributed by atoms with E-state index < -0.39 is 11.7 Å². The Morgan fingerprint density at radius 3 is 2.60 bits per heavy atom. The lowest BCUT2D eigenvalue weighted by Crippen LogP contribution is -2.46. The normalized spacial score (nSPS) is 13.1. The van der Waals surface area contributed by atoms with Crippen molar-refractivity contribution in [1.82, 2.24) is 29.5 Å². The number of anilines is 1. The molecule has 0 bridgehead atoms. The monoisotopic (exact) mass is 615 g/mol. The number of carbonyl (C=O) groups excluding carboxylic acids is 2. The molecule has 5 rings (SSSR count). The fourth-order valence-corrected chi connectivity index (χ4v) is 5.12. The number of carbonyl (C=O) groups is 2. The van der Waals surface area contributed by atoms with Gasteiger partial charge in [-0.3, -0.25) is 14.3 Å². The van der Waals surface area contributed by atoms with Gasteiger partial charge in [-0.1, -0.05) is 23.7 Å². The zero-order valence-corrected chi connectivity index (χ0v) is 25.1. The standard InChI is InChI=1S/C29H31ClFN7O3.ClH/c1-18-23(17-38(35-18)12-13-41-3)21-6-4-19(14-25(21)31)26-16-33-27(36(26)2)28(39)34-20-5-7-22(24(30)15-20)29(40)37-10-8-32-9-11-37;/h4-7,14-17,32H,8-13H2,1-3H3,(H,34,39);1H. The number of aromatic nitrogens is 4. The minimum Gasteiger partial charge on any atom is -0.383 e. The van der Waals surface area contributed by atoms with E-state index in [1.807, 2.05) is 6.92 Å². The van der Waals surface area contributed by atoms with E-state index in [2.05, 4.69) is 20.7 Å². The second kappa shape index (κ2) is 13.5. The third-order valence-corrected chi connectivity index (χ3v) is 7.39. The molecule has 0 unspecified atom stereocenters. The lowest BCUT2D eigenvalue weighted by Gasteiger charge is -2.27. The molecule has 0 atom stereocenters. The van der Waals surface area contributed by atoms with Crippen molar-refractivity contribution in [3.8, 4) is 22.4 Å². The molecule has 10 nitrogen and oxygen atoms in total. The van der Waals surface area contributed by atoms with Crippen LogP contribution in [0.4, 0.5) is 10.1 Å². The molecule has 3 heterocycles. The molecule has 2 amide bonds. The number of hydrogen-bond donors (Lipinski definition) is 2. The van der Waals surface area contributed by atoms with Crippen molar-refractivity contribution in [2.75, 3.05) is 45.2 Å². The van der Waals surface area contributed by atoms with Crippen molar-refractivity contribution in [2.24, 2.45) is 7.05 Å². The summed E-state index contributed by atoms with van der Waals surface area (Å²) in [4.78, 5) is 31.9. The third-order valence-electron chi connectivity index (χ3n) is 7.08. The molecule has 1 fully saturated rings. The first-order chi connectivity index (χ1) is 19.8. The SMILES string of the molecule is COCCn1cc(-c2ccc(-c3cnc(C(=O)Nc4ccc(C(=O)N5CCNCC5)c(Cl)c4)n3C)cc2F)c(C)n1.Cl. The van der Waals surface area contributed by atoms with Gasteiger partial charge in [0.1, 0.15) is 5.82 Å². The van der Waals surface area contributed by atoms with Gasteiger partial charge >= 0.3 is 0 Å². The van der Waals surface area contributed by atoms with Crippen LogP contribution in [0, 0.1) is 12.7 Å². The minimum atomic E-state index is -0.466. The summed E-state index contributed by atoms with van der Waals surface area (Å²) < 4.78 is 23.7. The van der Waals surface area contributed by atoms with Gasteiger partial charge < -0.3 is 24.8 Å². The summed E-state index contributed by atoms with van der Waals surface area (Å²) in [5, 5.41) is 10.7. The molecule has 1 aliphatic rings. The van der Waals surface area contributed by atoms with Gasteiger partial charge in [-0.15, -0.1) is 12.4 Å². The molecule has 2 N–H and O–H groups in total. The lowest BCUT2D eigenvalue weighted by molar-refractivity contribution is 0.0736. The predicted molar refractivity (Wildman–Crippen MR) is 162 cm³/mol. The molecule has 42 heavy (non-hydrogen) atoms. The second-order valence-corrected chi connectivity index (χ2v) is 10.2. The summed E-state index contributed by atoms with van der Waals surface area (Å²) in [6.45, 7) is 5.61. The molecular formula is C29H32Cl2FN7O3. The van der Waals surface area contributed by atoms with E-state index in [9.17, 15) is 9.59 Å². The fourth-order valence-electron chi connectivity index (χ4n) is 4.85. The van der Waals surface area contributed by atoms with E-state index in [-0.39, 0.29) is 29.2 Å². The Bertz CT molecular complexity index is 1600. The van der Waals surface area contributed by atoms with Gasteiger partial charge in [0.15, 0.2) is 5.82 Å². The number of ether oxygens (including phenoxy) is 1. The summed E-state index contributed by atoms with van der Waals surface area (Å²) in [7, 11) is 3.31. The van der Waals surface area contributed by atoms with Gasteiger partial charge in [-0.25, -0.2) is 9.37 Å². The first-order valence-corrected chi connectivity index (χ1v) is 13.6. The van der Waals surface area contributed by atoms with E-state index in [1.165, 1.54) is 12.3 Å². The fraction of sp³-hybridized carbons (Fsp3) is 0.310. The highest BCUT2D eigenvalue weighted by molar-refractivity contribution is 6.34. The zero-order chi connectivity index (χ0) is 29.1. The number of aryl methyl sites for hydroxylation is 1. The molecule has 222 valence electrons. The van der Waals surface area contributed by atoms with Gasteiger partial charge in [0.25, 0.3) is 11.8 Å². The largest absolute Gasteiger partial charge is 0.383 e. The number of imidazole rings is 1. The molecule has 0 spiro atoms. The molecule has 0 saturated carbocycles. The van der Waals surface area contributed by atoms with Crippen LogP contribution >= 0.6 is 24.0 Å². The Morgan fingerprint density at radius 2 is 1.90 bits per heavy atom. The van der Waals surface area contributed by atoms with E-state index in [0.29, 0.717) is 65.6 Å². The van der Waals surface area contributed by atoms with Crippen LogP contribution in [0.2, 0.25) is 5.02 Å². The van der Waals surface area contributed by atoms with Gasteiger partial charge in [0, 0.05) is 68.9 Å². The van der Waals surface area contributed by atoms with Crippen LogP contribution in [0.3, 0.4) is 0 Å². The van der Waals surface area contributed by atoms with Crippen molar-refractivity contribution in [2.45, 2.75) is 13.5 Å². The summed E-state index contributed by atoms with van der Waals surface area (Å²) in [5.74, 6) is -0.880. The number of methoxy groups -OCH3 is 1. The van der Waals surface area contributed by atoms with E-state index in [1.54, 1.807) is 64.8 Å². The van der Waals surface area contributed by atoms with Gasteiger partial charge in [-0.05, 0) is 31.2 Å². The van der Waals surface area contributed by atoms with E-state index in [0.717, 1.165) is 13.1 Å². The van der Waals surface area contributed by atoms with Crippen molar-refractivity contribution < 1.29 is 18.7 Å². The smallest absolute Gasteiger partial charge is 0.291 e. The summed E-state index contributed by atoms with van der Waals surface area (Å²) >= 11 is 6.41. The number of benzene rings is 2. The first kappa shape index (κ1) is 31.2. The Balaban J connectivity index is 0.00000405. The first-order valence-electron chi connectivity index (χ1n) is 13.2. The van der Waals surface area contributed by atoms with Crippen LogP contribution in [-0.4, -0.2) is 75.9 Å². The molecule has 2 aromatic carbocycles. The summed E-state index contributed by atoms with van der Waals surface area (Å²) in [5.41, 5.74) is 3.81. The van der Waals surface area contributed by atoms with E-state index >= 15 is 4.39 Å². The number of amides is 2. The van der Waals surface area contributed by atoms with Gasteiger partial charge in [0.2, 0.25) is 0 Å². The Kier molecular flexibility index (Phi) is 10.00. The maximum absolute atomic E-state index is 15.3. The molecule has 1 saturated heterocycles. The highest BCUT2D eigenvalue weighted by Crippen LogP contribution is 2.30. The molecule has 0 radical (unpaired) electrons. The molecular weight excluding hydrogens is 584 g/mol. The predicted octanol–water partition coefficient (Wildman–Crippen LogP) is 4.42. The highest BCUT2D eigenvalue weighted by Gasteiger charge is 2.22. The van der Waals surface area contributed by atoms with Gasteiger partial charge in [0.05, 0.1) is 41.3 Å². The number of hydrogen-bond acceptors (Lipinski definition) is 6. The average molecular weight is 617 g/mol. The molecule has 2 aromatic heterocycles. The molecule has 0 aliphatic carbocycles. The average Bonchev–Trinajstić information content (AvgIpc) is 3.53. The van der Waals surface area contributed by atoms with E-state index in [4.69, 9.17) is 16.3 Å². The Hall–Kier alpha value is -3.77. The van der Waals surface area contributed by atoms with Crippen molar-refractivity contribution in [3.63, 3.8) is 0 Å². The summed E-state index contributed by atoms with van der Waals surface area (Å²) in [6.07, 6.45) is 3.33. The molecule has 1 aliphatic heterocycles. The van der Waals surface area contributed by atoms with Crippen LogP contribution in [0.5, 0.6) is 0 Å². The molecule has 4 aromatic rings. The van der Waals surface area contributed by atoms with Crippen molar-refractivity contribution in [1.29, 1.82) is 0 Å². The number of halogens is 3. The van der Waals surface area contributed by atoms with Gasteiger partial charge in [-0.2, -0.15) is 5.10 Å².